The molecule has 1 aliphatic rings. The summed E-state index contributed by atoms with van der Waals surface area (Å²) in [5, 5.41) is 9.15. The van der Waals surface area contributed by atoms with Gasteiger partial charge in [0.25, 0.3) is 0 Å². The Morgan fingerprint density at radius 2 is 2.16 bits per heavy atom. The average molecular weight is 344 g/mol. The third-order valence-corrected chi connectivity index (χ3v) is 4.39. The van der Waals surface area contributed by atoms with E-state index in [2.05, 4.69) is 9.88 Å². The third-order valence-electron chi connectivity index (χ3n) is 4.39. The molecular formula is C19H21FN2O3. The Morgan fingerprint density at radius 3 is 2.88 bits per heavy atom. The van der Waals surface area contributed by atoms with Crippen LogP contribution in [0.1, 0.15) is 24.0 Å². The van der Waals surface area contributed by atoms with E-state index >= 15 is 0 Å². The topological polar surface area (TPSA) is 62.7 Å². The number of aliphatic carboxylic acids is 1. The first-order valence-corrected chi connectivity index (χ1v) is 8.38. The summed E-state index contributed by atoms with van der Waals surface area (Å²) in [6.07, 6.45) is 3.36. The first kappa shape index (κ1) is 17.4. The Morgan fingerprint density at radius 1 is 1.32 bits per heavy atom. The number of carbonyl (C=O) groups is 1. The van der Waals surface area contributed by atoms with E-state index in [0.29, 0.717) is 24.5 Å². The van der Waals surface area contributed by atoms with Crippen LogP contribution in [0.15, 0.2) is 42.6 Å². The average Bonchev–Trinajstić information content (AvgIpc) is 2.62. The van der Waals surface area contributed by atoms with Crippen molar-refractivity contribution >= 4 is 5.97 Å². The maximum atomic E-state index is 13.6. The van der Waals surface area contributed by atoms with E-state index in [9.17, 15) is 9.18 Å². The van der Waals surface area contributed by atoms with Crippen molar-refractivity contribution in [3.05, 3.63) is 59.5 Å². The molecular weight excluding hydrogens is 323 g/mol. The SMILES string of the molecule is O=C(O)C1CCCN(Cc2ccc(OCc3ccccc3F)nc2)C1. The van der Waals surface area contributed by atoms with Crippen molar-refractivity contribution < 1.29 is 19.0 Å². The molecule has 132 valence electrons. The molecule has 25 heavy (non-hydrogen) atoms. The predicted molar refractivity (Wildman–Crippen MR) is 90.6 cm³/mol. The first-order chi connectivity index (χ1) is 12.1. The number of hydrogen-bond acceptors (Lipinski definition) is 4. The Kier molecular flexibility index (Phi) is 5.60. The number of benzene rings is 1. The summed E-state index contributed by atoms with van der Waals surface area (Å²) in [6.45, 7) is 2.27. The van der Waals surface area contributed by atoms with Gasteiger partial charge in [-0.2, -0.15) is 0 Å². The quantitative estimate of drug-likeness (QED) is 0.872. The lowest BCUT2D eigenvalue weighted by atomic mass is 9.98. The molecule has 1 aromatic heterocycles. The molecule has 1 unspecified atom stereocenters. The third kappa shape index (κ3) is 4.76. The maximum absolute atomic E-state index is 13.6. The summed E-state index contributed by atoms with van der Waals surface area (Å²) >= 11 is 0. The molecule has 0 radical (unpaired) electrons. The summed E-state index contributed by atoms with van der Waals surface area (Å²) < 4.78 is 19.1. The number of carboxylic acid groups (broad SMARTS) is 1. The van der Waals surface area contributed by atoms with Crippen LogP contribution in [0, 0.1) is 11.7 Å². The van der Waals surface area contributed by atoms with Crippen LogP contribution in [0.5, 0.6) is 5.88 Å². The minimum atomic E-state index is -0.722. The Balaban J connectivity index is 1.53. The summed E-state index contributed by atoms with van der Waals surface area (Å²) in [5.41, 5.74) is 1.49. The fourth-order valence-corrected chi connectivity index (χ4v) is 3.02. The van der Waals surface area contributed by atoms with Crippen LogP contribution in [-0.2, 0) is 17.9 Å². The molecule has 0 amide bonds. The van der Waals surface area contributed by atoms with Gasteiger partial charge in [0.2, 0.25) is 5.88 Å². The molecule has 2 aromatic rings. The van der Waals surface area contributed by atoms with Crippen molar-refractivity contribution in [2.24, 2.45) is 5.92 Å². The van der Waals surface area contributed by atoms with E-state index in [0.717, 1.165) is 24.9 Å². The summed E-state index contributed by atoms with van der Waals surface area (Å²) in [5.74, 6) is -0.865. The predicted octanol–water partition coefficient (Wildman–Crippen LogP) is 3.10. The molecule has 0 saturated carbocycles. The molecule has 1 aromatic carbocycles. The molecule has 1 saturated heterocycles. The Hall–Kier alpha value is -2.47. The maximum Gasteiger partial charge on any atom is 0.307 e. The van der Waals surface area contributed by atoms with Crippen LogP contribution in [0.25, 0.3) is 0 Å². The zero-order valence-electron chi connectivity index (χ0n) is 13.9. The lowest BCUT2D eigenvalue weighted by Gasteiger charge is -2.30. The molecule has 0 aliphatic carbocycles. The van der Waals surface area contributed by atoms with Crippen molar-refractivity contribution in [3.63, 3.8) is 0 Å². The number of pyridine rings is 1. The normalized spacial score (nSPS) is 18.0. The molecule has 0 spiro atoms. The molecule has 5 nitrogen and oxygen atoms in total. The van der Waals surface area contributed by atoms with E-state index in [1.807, 2.05) is 6.07 Å². The Labute approximate surface area is 146 Å². The largest absolute Gasteiger partial charge is 0.481 e. The van der Waals surface area contributed by atoms with Gasteiger partial charge in [-0.25, -0.2) is 9.37 Å². The zero-order valence-corrected chi connectivity index (χ0v) is 13.9. The van der Waals surface area contributed by atoms with Gasteiger partial charge in [-0.1, -0.05) is 24.3 Å². The van der Waals surface area contributed by atoms with E-state index in [1.54, 1.807) is 30.5 Å². The second-order valence-electron chi connectivity index (χ2n) is 6.30. The Bertz CT molecular complexity index is 721. The number of hydrogen-bond donors (Lipinski definition) is 1. The lowest BCUT2D eigenvalue weighted by molar-refractivity contribution is -0.143. The minimum Gasteiger partial charge on any atom is -0.481 e. The number of carboxylic acids is 1. The van der Waals surface area contributed by atoms with Crippen LogP contribution in [0.4, 0.5) is 4.39 Å². The molecule has 1 fully saturated rings. The zero-order chi connectivity index (χ0) is 17.6. The highest BCUT2D eigenvalue weighted by Gasteiger charge is 2.25. The molecule has 0 bridgehead atoms. The van der Waals surface area contributed by atoms with Gasteiger partial charge in [-0.3, -0.25) is 9.69 Å². The van der Waals surface area contributed by atoms with E-state index < -0.39 is 5.97 Å². The lowest BCUT2D eigenvalue weighted by Crippen LogP contribution is -2.38. The van der Waals surface area contributed by atoms with Crippen LogP contribution in [-0.4, -0.2) is 34.0 Å². The summed E-state index contributed by atoms with van der Waals surface area (Å²) in [4.78, 5) is 17.5. The number of halogens is 1. The highest BCUT2D eigenvalue weighted by molar-refractivity contribution is 5.70. The van der Waals surface area contributed by atoms with Crippen molar-refractivity contribution in [2.45, 2.75) is 26.0 Å². The van der Waals surface area contributed by atoms with Crippen LogP contribution >= 0.6 is 0 Å². The van der Waals surface area contributed by atoms with Crippen LogP contribution < -0.4 is 4.74 Å². The number of rotatable bonds is 6. The molecule has 3 rings (SSSR count). The standard InChI is InChI=1S/C19H21FN2O3/c20-17-6-2-1-4-16(17)13-25-18-8-7-14(10-21-18)11-22-9-3-5-15(12-22)19(23)24/h1-2,4,6-8,10,15H,3,5,9,11-13H2,(H,23,24). The van der Waals surface area contributed by atoms with Gasteiger partial charge in [0.15, 0.2) is 0 Å². The van der Waals surface area contributed by atoms with Crippen molar-refractivity contribution in [2.75, 3.05) is 13.1 Å². The van der Waals surface area contributed by atoms with Crippen LogP contribution in [0.3, 0.4) is 0 Å². The van der Waals surface area contributed by atoms with Gasteiger partial charge >= 0.3 is 5.97 Å². The summed E-state index contributed by atoms with van der Waals surface area (Å²) in [7, 11) is 0. The smallest absolute Gasteiger partial charge is 0.307 e. The number of likely N-dealkylation sites (tertiary alicyclic amines) is 1. The highest BCUT2D eigenvalue weighted by atomic mass is 19.1. The van der Waals surface area contributed by atoms with Gasteiger partial charge in [0.1, 0.15) is 12.4 Å². The fourth-order valence-electron chi connectivity index (χ4n) is 3.02. The van der Waals surface area contributed by atoms with E-state index in [-0.39, 0.29) is 18.3 Å². The fraction of sp³-hybridized carbons (Fsp3) is 0.368. The van der Waals surface area contributed by atoms with Crippen LogP contribution in [0.2, 0.25) is 0 Å². The first-order valence-electron chi connectivity index (χ1n) is 8.38. The molecule has 1 N–H and O–H groups in total. The molecule has 1 aliphatic heterocycles. The number of nitrogens with zero attached hydrogens (tertiary/aromatic N) is 2. The van der Waals surface area contributed by atoms with Gasteiger partial charge in [0.05, 0.1) is 5.92 Å². The molecule has 6 heteroatoms. The van der Waals surface area contributed by atoms with Gasteiger partial charge < -0.3 is 9.84 Å². The highest BCUT2D eigenvalue weighted by Crippen LogP contribution is 2.19. The van der Waals surface area contributed by atoms with Gasteiger partial charge in [-0.15, -0.1) is 0 Å². The van der Waals surface area contributed by atoms with Gasteiger partial charge in [0, 0.05) is 30.9 Å². The van der Waals surface area contributed by atoms with E-state index in [1.165, 1.54) is 6.07 Å². The van der Waals surface area contributed by atoms with Crippen molar-refractivity contribution in [1.82, 2.24) is 9.88 Å². The van der Waals surface area contributed by atoms with Crippen molar-refractivity contribution in [3.8, 4) is 5.88 Å². The van der Waals surface area contributed by atoms with E-state index in [4.69, 9.17) is 9.84 Å². The minimum absolute atomic E-state index is 0.130. The monoisotopic (exact) mass is 344 g/mol. The number of piperidine rings is 1. The summed E-state index contributed by atoms with van der Waals surface area (Å²) in [6, 6.07) is 10.2. The molecule has 2 heterocycles. The second-order valence-corrected chi connectivity index (χ2v) is 6.30. The number of aromatic nitrogens is 1. The van der Waals surface area contributed by atoms with Gasteiger partial charge in [-0.05, 0) is 31.0 Å². The van der Waals surface area contributed by atoms with Crippen molar-refractivity contribution in [1.29, 1.82) is 0 Å². The molecule has 1 atom stereocenters. The number of ether oxygens (including phenoxy) is 1. The second kappa shape index (κ2) is 8.07.